The maximum absolute atomic E-state index is 12.1. The second-order valence-electron chi connectivity index (χ2n) is 6.47. The minimum atomic E-state index is 0. The number of aliphatic imine (C=N–C) groups is 1. The van der Waals surface area contributed by atoms with Gasteiger partial charge in [-0.15, -0.1) is 24.0 Å². The van der Waals surface area contributed by atoms with Crippen LogP contribution in [0.5, 0.6) is 0 Å². The first-order valence-corrected chi connectivity index (χ1v) is 9.27. The predicted octanol–water partition coefficient (Wildman–Crippen LogP) is 0.893. The fourth-order valence-corrected chi connectivity index (χ4v) is 3.00. The van der Waals surface area contributed by atoms with Gasteiger partial charge in [0.05, 0.1) is 6.61 Å². The minimum Gasteiger partial charge on any atom is -0.383 e. The van der Waals surface area contributed by atoms with Crippen LogP contribution in [0.15, 0.2) is 4.99 Å². The van der Waals surface area contributed by atoms with Gasteiger partial charge in [0.2, 0.25) is 5.91 Å². The van der Waals surface area contributed by atoms with Crippen LogP contribution in [0.2, 0.25) is 0 Å². The number of amides is 1. The van der Waals surface area contributed by atoms with E-state index in [0.29, 0.717) is 0 Å². The first-order chi connectivity index (χ1) is 11.7. The van der Waals surface area contributed by atoms with Gasteiger partial charge < -0.3 is 20.3 Å². The summed E-state index contributed by atoms with van der Waals surface area (Å²) in [6, 6.07) is 0.721. The number of hydrogen-bond donors (Lipinski definition) is 2. The van der Waals surface area contributed by atoms with Gasteiger partial charge >= 0.3 is 0 Å². The Morgan fingerprint density at radius 3 is 2.56 bits per heavy atom. The fourth-order valence-electron chi connectivity index (χ4n) is 3.00. The highest BCUT2D eigenvalue weighted by Gasteiger charge is 2.28. The Balaban J connectivity index is 0.00000312. The summed E-state index contributed by atoms with van der Waals surface area (Å²) in [5, 5.41) is 6.56. The number of carbonyl (C=O) groups excluding carboxylic acids is 1. The monoisotopic (exact) mass is 467 g/mol. The number of halogens is 1. The van der Waals surface area contributed by atoms with Crippen LogP contribution in [0.3, 0.4) is 0 Å². The molecule has 1 saturated heterocycles. The number of carbonyl (C=O) groups is 1. The van der Waals surface area contributed by atoms with Crippen LogP contribution >= 0.6 is 24.0 Å². The van der Waals surface area contributed by atoms with Gasteiger partial charge in [-0.05, 0) is 32.6 Å². The Bertz CT molecular complexity index is 412. The molecule has 1 heterocycles. The van der Waals surface area contributed by atoms with E-state index < -0.39 is 0 Å². The van der Waals surface area contributed by atoms with Gasteiger partial charge in [-0.25, -0.2) is 4.99 Å². The van der Waals surface area contributed by atoms with Crippen LogP contribution in [-0.4, -0.2) is 87.2 Å². The molecule has 0 aromatic heterocycles. The lowest BCUT2D eigenvalue weighted by atomic mass is 10.4. The van der Waals surface area contributed by atoms with E-state index in [1.807, 2.05) is 11.8 Å². The number of rotatable bonds is 10. The normalized spacial score (nSPS) is 17.6. The van der Waals surface area contributed by atoms with Crippen LogP contribution in [-0.2, 0) is 9.53 Å². The summed E-state index contributed by atoms with van der Waals surface area (Å²) in [6.07, 6.45) is 4.82. The molecule has 0 unspecified atom stereocenters. The number of ether oxygens (including phenoxy) is 1. The highest BCUT2D eigenvalue weighted by Crippen LogP contribution is 2.25. The van der Waals surface area contributed by atoms with Crippen molar-refractivity contribution >= 4 is 35.8 Å². The quantitative estimate of drug-likeness (QED) is 0.284. The van der Waals surface area contributed by atoms with Gasteiger partial charge in [0.1, 0.15) is 6.54 Å². The van der Waals surface area contributed by atoms with Gasteiger partial charge in [-0.3, -0.25) is 9.69 Å². The Labute approximate surface area is 169 Å². The molecule has 146 valence electrons. The molecule has 8 heteroatoms. The lowest BCUT2D eigenvalue weighted by Gasteiger charge is -2.22. The molecule has 0 spiro atoms. The third kappa shape index (κ3) is 8.54. The molecule has 25 heavy (non-hydrogen) atoms. The van der Waals surface area contributed by atoms with E-state index >= 15 is 0 Å². The minimum absolute atomic E-state index is 0. The number of guanidine groups is 1. The van der Waals surface area contributed by atoms with Crippen molar-refractivity contribution in [2.45, 2.75) is 38.6 Å². The van der Waals surface area contributed by atoms with E-state index in [4.69, 9.17) is 4.74 Å². The molecule has 0 aromatic carbocycles. The fraction of sp³-hybridized carbons (Fsp3) is 0.882. The number of nitrogens with one attached hydrogen (secondary N) is 2. The molecule has 2 N–H and O–H groups in total. The molecule has 0 aromatic rings. The number of methoxy groups -OCH3 is 1. The van der Waals surface area contributed by atoms with E-state index in [2.05, 4.69) is 20.5 Å². The zero-order chi connectivity index (χ0) is 17.2. The van der Waals surface area contributed by atoms with Crippen LogP contribution in [0.25, 0.3) is 0 Å². The zero-order valence-electron chi connectivity index (χ0n) is 15.6. The number of nitrogens with zero attached hydrogens (tertiary/aromatic N) is 3. The molecule has 1 aliphatic heterocycles. The third-order valence-electron chi connectivity index (χ3n) is 4.51. The largest absolute Gasteiger partial charge is 0.383 e. The zero-order valence-corrected chi connectivity index (χ0v) is 18.0. The summed E-state index contributed by atoms with van der Waals surface area (Å²) >= 11 is 0. The lowest BCUT2D eigenvalue weighted by Crippen LogP contribution is -2.43. The second-order valence-corrected chi connectivity index (χ2v) is 6.47. The number of likely N-dealkylation sites (tertiary alicyclic amines) is 1. The molecule has 2 aliphatic rings. The van der Waals surface area contributed by atoms with Crippen LogP contribution in [0.1, 0.15) is 32.6 Å². The van der Waals surface area contributed by atoms with Crippen molar-refractivity contribution in [3.8, 4) is 0 Å². The molecule has 2 fully saturated rings. The van der Waals surface area contributed by atoms with Crippen molar-refractivity contribution in [3.05, 3.63) is 0 Å². The van der Waals surface area contributed by atoms with Crippen molar-refractivity contribution in [1.29, 1.82) is 0 Å². The average Bonchev–Trinajstić information content (AvgIpc) is 3.28. The van der Waals surface area contributed by atoms with Gasteiger partial charge in [-0.2, -0.15) is 0 Å². The van der Waals surface area contributed by atoms with Crippen molar-refractivity contribution < 1.29 is 9.53 Å². The Morgan fingerprint density at radius 2 is 1.96 bits per heavy atom. The summed E-state index contributed by atoms with van der Waals surface area (Å²) in [5.41, 5.74) is 0. The summed E-state index contributed by atoms with van der Waals surface area (Å²) in [4.78, 5) is 20.9. The predicted molar refractivity (Wildman–Crippen MR) is 112 cm³/mol. The highest BCUT2D eigenvalue weighted by atomic mass is 127. The maximum atomic E-state index is 12.1. The van der Waals surface area contributed by atoms with E-state index in [0.717, 1.165) is 70.7 Å². The smallest absolute Gasteiger partial charge is 0.244 e. The molecule has 0 bridgehead atoms. The topological polar surface area (TPSA) is 69.2 Å². The summed E-state index contributed by atoms with van der Waals surface area (Å²) in [5.74, 6) is 0.858. The Hall–Kier alpha value is -0.610. The Kier molecular flexibility index (Phi) is 11.4. The van der Waals surface area contributed by atoms with Gasteiger partial charge in [-0.1, -0.05) is 0 Å². The van der Waals surface area contributed by atoms with Gasteiger partial charge in [0.15, 0.2) is 5.96 Å². The SMILES string of the molecule is CCNC(=NCC(=O)N1CCCC1)NCCN(CCOC)C1CC1.I. The number of hydrogen-bond acceptors (Lipinski definition) is 4. The first-order valence-electron chi connectivity index (χ1n) is 9.27. The molecule has 0 radical (unpaired) electrons. The average molecular weight is 467 g/mol. The van der Waals surface area contributed by atoms with Crippen molar-refractivity contribution in [2.75, 3.05) is 59.5 Å². The second kappa shape index (κ2) is 12.7. The molecular weight excluding hydrogens is 433 g/mol. The van der Waals surface area contributed by atoms with Crippen molar-refractivity contribution in [3.63, 3.8) is 0 Å². The van der Waals surface area contributed by atoms with Gasteiger partial charge in [0.25, 0.3) is 0 Å². The van der Waals surface area contributed by atoms with E-state index in [1.165, 1.54) is 12.8 Å². The maximum Gasteiger partial charge on any atom is 0.244 e. The van der Waals surface area contributed by atoms with E-state index in [-0.39, 0.29) is 36.4 Å². The molecule has 1 amide bonds. The van der Waals surface area contributed by atoms with Gasteiger partial charge in [0, 0.05) is 52.4 Å². The van der Waals surface area contributed by atoms with Crippen LogP contribution in [0, 0.1) is 0 Å². The highest BCUT2D eigenvalue weighted by molar-refractivity contribution is 14.0. The lowest BCUT2D eigenvalue weighted by molar-refractivity contribution is -0.128. The van der Waals surface area contributed by atoms with Crippen molar-refractivity contribution in [2.24, 2.45) is 4.99 Å². The molecule has 1 aliphatic carbocycles. The van der Waals surface area contributed by atoms with Crippen LogP contribution in [0.4, 0.5) is 0 Å². The van der Waals surface area contributed by atoms with E-state index in [9.17, 15) is 4.79 Å². The molecule has 0 atom stereocenters. The first kappa shape index (κ1) is 22.4. The van der Waals surface area contributed by atoms with Crippen molar-refractivity contribution in [1.82, 2.24) is 20.4 Å². The van der Waals surface area contributed by atoms with Crippen LogP contribution < -0.4 is 10.6 Å². The summed E-state index contributed by atoms with van der Waals surface area (Å²) < 4.78 is 5.19. The Morgan fingerprint density at radius 1 is 1.24 bits per heavy atom. The summed E-state index contributed by atoms with van der Waals surface area (Å²) in [7, 11) is 1.75. The molecule has 7 nitrogen and oxygen atoms in total. The van der Waals surface area contributed by atoms with E-state index in [1.54, 1.807) is 7.11 Å². The molecule has 2 rings (SSSR count). The molecule has 1 saturated carbocycles. The summed E-state index contributed by atoms with van der Waals surface area (Å²) in [6.45, 7) is 8.36. The standard InChI is InChI=1S/C17H33N5O2.HI/c1-3-18-17(20-14-16(23)22-9-4-5-10-22)19-8-11-21(12-13-24-2)15-6-7-15;/h15H,3-14H2,1-2H3,(H2,18,19,20);1H. The third-order valence-corrected chi connectivity index (χ3v) is 4.51. The molecular formula is C17H34IN5O2.